The van der Waals surface area contributed by atoms with Gasteiger partial charge in [-0.05, 0) is 35.6 Å². The molecule has 0 saturated heterocycles. The molecule has 2 aromatic rings. The summed E-state index contributed by atoms with van der Waals surface area (Å²) in [5, 5.41) is 9.16. The Balaban J connectivity index is 1.81. The monoisotopic (exact) mass is 352 g/mol. The van der Waals surface area contributed by atoms with E-state index in [4.69, 9.17) is 9.84 Å². The van der Waals surface area contributed by atoms with Gasteiger partial charge in [-0.3, -0.25) is 9.59 Å². The molecule has 4 nitrogen and oxygen atoms in total. The number of carboxylic acids is 1. The molecule has 0 spiro atoms. The van der Waals surface area contributed by atoms with E-state index in [1.54, 1.807) is 6.92 Å². The zero-order chi connectivity index (χ0) is 18.7. The molecule has 1 atom stereocenters. The fourth-order valence-corrected chi connectivity index (χ4v) is 3.92. The number of carbonyl (C=O) groups excluding carboxylic acids is 1. The molecule has 136 valence electrons. The average molecular weight is 352 g/mol. The first-order chi connectivity index (χ1) is 12.5. The number of esters is 1. The van der Waals surface area contributed by atoms with Crippen LogP contribution in [0.4, 0.5) is 0 Å². The first kappa shape index (κ1) is 18.2. The first-order valence-electron chi connectivity index (χ1n) is 9.03. The van der Waals surface area contributed by atoms with E-state index in [0.29, 0.717) is 6.42 Å². The number of benzene rings is 2. The van der Waals surface area contributed by atoms with Gasteiger partial charge < -0.3 is 9.84 Å². The average Bonchev–Trinajstić information content (AvgIpc) is 2.93. The number of rotatable bonds is 7. The maximum atomic E-state index is 12.7. The van der Waals surface area contributed by atoms with Crippen LogP contribution in [0, 0.1) is 5.41 Å². The summed E-state index contributed by atoms with van der Waals surface area (Å²) in [4.78, 5) is 23.9. The fraction of sp³-hybridized carbons (Fsp3) is 0.364. The maximum absolute atomic E-state index is 12.7. The zero-order valence-corrected chi connectivity index (χ0v) is 15.2. The molecule has 26 heavy (non-hydrogen) atoms. The van der Waals surface area contributed by atoms with Crippen molar-refractivity contribution in [3.05, 3.63) is 59.7 Å². The van der Waals surface area contributed by atoms with E-state index in [2.05, 4.69) is 24.3 Å². The van der Waals surface area contributed by atoms with Crippen LogP contribution in [0.1, 0.15) is 50.2 Å². The zero-order valence-electron chi connectivity index (χ0n) is 15.2. The Labute approximate surface area is 153 Å². The van der Waals surface area contributed by atoms with Gasteiger partial charge in [0.05, 0.1) is 11.8 Å². The minimum Gasteiger partial charge on any atom is -0.481 e. The lowest BCUT2D eigenvalue weighted by Gasteiger charge is -2.26. The van der Waals surface area contributed by atoms with Crippen molar-refractivity contribution >= 4 is 11.9 Å². The Morgan fingerprint density at radius 3 is 2.08 bits per heavy atom. The molecule has 3 rings (SSSR count). The Morgan fingerprint density at radius 2 is 1.58 bits per heavy atom. The van der Waals surface area contributed by atoms with Crippen LogP contribution in [0.2, 0.25) is 0 Å². The van der Waals surface area contributed by atoms with Crippen molar-refractivity contribution in [2.75, 3.05) is 6.61 Å². The third kappa shape index (κ3) is 3.36. The summed E-state index contributed by atoms with van der Waals surface area (Å²) in [6.45, 7) is 3.85. The van der Waals surface area contributed by atoms with Gasteiger partial charge in [0.15, 0.2) is 0 Å². The van der Waals surface area contributed by atoms with E-state index < -0.39 is 17.4 Å². The summed E-state index contributed by atoms with van der Waals surface area (Å²) in [6.07, 6.45) is 1.02. The standard InChI is InChI=1S/C22H24O4/c1-3-12-22(2,13-20(23)24)21(25)26-14-19-17-10-6-4-8-15(17)16-9-5-7-11-18(16)19/h4-11,19H,3,12-14H2,1-2H3,(H,23,24)/t22-/m0/s1. The van der Waals surface area contributed by atoms with Crippen LogP contribution in [0.5, 0.6) is 0 Å². The molecule has 1 N–H and O–H groups in total. The largest absolute Gasteiger partial charge is 0.481 e. The Kier molecular flexibility index (Phi) is 5.12. The predicted octanol–water partition coefficient (Wildman–Crippen LogP) is 4.62. The summed E-state index contributed by atoms with van der Waals surface area (Å²) in [5.41, 5.74) is 3.66. The lowest BCUT2D eigenvalue weighted by molar-refractivity contribution is -0.160. The van der Waals surface area contributed by atoms with Crippen molar-refractivity contribution in [3.8, 4) is 11.1 Å². The number of carbonyl (C=O) groups is 2. The van der Waals surface area contributed by atoms with Crippen molar-refractivity contribution in [3.63, 3.8) is 0 Å². The van der Waals surface area contributed by atoms with Gasteiger partial charge in [-0.15, -0.1) is 0 Å². The van der Waals surface area contributed by atoms with Gasteiger partial charge in [0.25, 0.3) is 0 Å². The highest BCUT2D eigenvalue weighted by atomic mass is 16.5. The van der Waals surface area contributed by atoms with Crippen LogP contribution in [0.25, 0.3) is 11.1 Å². The van der Waals surface area contributed by atoms with Crippen LogP contribution in [-0.4, -0.2) is 23.7 Å². The van der Waals surface area contributed by atoms with Crippen molar-refractivity contribution < 1.29 is 19.4 Å². The second-order valence-electron chi connectivity index (χ2n) is 7.21. The molecular formula is C22H24O4. The number of hydrogen-bond acceptors (Lipinski definition) is 3. The van der Waals surface area contributed by atoms with Gasteiger partial charge >= 0.3 is 11.9 Å². The third-order valence-electron chi connectivity index (χ3n) is 5.18. The Morgan fingerprint density at radius 1 is 1.04 bits per heavy atom. The number of hydrogen-bond donors (Lipinski definition) is 1. The quantitative estimate of drug-likeness (QED) is 0.738. The van der Waals surface area contributed by atoms with Gasteiger partial charge in [0, 0.05) is 5.92 Å². The molecule has 0 unspecified atom stereocenters. The van der Waals surface area contributed by atoms with Crippen molar-refractivity contribution in [2.24, 2.45) is 5.41 Å². The van der Waals surface area contributed by atoms with Gasteiger partial charge in [0.2, 0.25) is 0 Å². The Hall–Kier alpha value is -2.62. The lowest BCUT2D eigenvalue weighted by atomic mass is 9.82. The van der Waals surface area contributed by atoms with E-state index in [1.807, 2.05) is 31.2 Å². The molecule has 0 bridgehead atoms. The fourth-order valence-electron chi connectivity index (χ4n) is 3.92. The third-order valence-corrected chi connectivity index (χ3v) is 5.18. The van der Waals surface area contributed by atoms with Crippen molar-refractivity contribution in [2.45, 2.75) is 39.0 Å². The van der Waals surface area contributed by atoms with Crippen molar-refractivity contribution in [1.29, 1.82) is 0 Å². The maximum Gasteiger partial charge on any atom is 0.312 e. The molecule has 1 aliphatic carbocycles. The second-order valence-corrected chi connectivity index (χ2v) is 7.21. The lowest BCUT2D eigenvalue weighted by Crippen LogP contribution is -2.33. The smallest absolute Gasteiger partial charge is 0.312 e. The molecule has 4 heteroatoms. The van der Waals surface area contributed by atoms with Gasteiger partial charge in [-0.2, -0.15) is 0 Å². The minimum absolute atomic E-state index is 0.0120. The normalized spacial score (nSPS) is 15.0. The van der Waals surface area contributed by atoms with Crippen LogP contribution >= 0.6 is 0 Å². The Bertz CT molecular complexity index is 781. The first-order valence-corrected chi connectivity index (χ1v) is 9.03. The minimum atomic E-state index is -0.988. The highest BCUT2D eigenvalue weighted by Crippen LogP contribution is 2.44. The SMILES string of the molecule is CCC[C@@](C)(CC(=O)O)C(=O)OCC1c2ccccc2-c2ccccc21. The highest BCUT2D eigenvalue weighted by molar-refractivity contribution is 5.83. The van der Waals surface area contributed by atoms with Gasteiger partial charge in [-0.1, -0.05) is 61.9 Å². The van der Waals surface area contributed by atoms with Crippen LogP contribution in [0.3, 0.4) is 0 Å². The van der Waals surface area contributed by atoms with Crippen LogP contribution in [0.15, 0.2) is 48.5 Å². The summed E-state index contributed by atoms with van der Waals surface area (Å²) in [7, 11) is 0. The second kappa shape index (κ2) is 7.32. The van der Waals surface area contributed by atoms with Crippen LogP contribution in [-0.2, 0) is 14.3 Å². The molecule has 0 radical (unpaired) electrons. The molecule has 0 fully saturated rings. The number of carboxylic acid groups (broad SMARTS) is 1. The van der Waals surface area contributed by atoms with Crippen LogP contribution < -0.4 is 0 Å². The predicted molar refractivity (Wildman–Crippen MR) is 99.9 cm³/mol. The summed E-state index contributed by atoms with van der Waals surface area (Å²) in [6, 6.07) is 16.3. The van der Waals surface area contributed by atoms with E-state index in [1.165, 1.54) is 11.1 Å². The molecule has 0 aromatic heterocycles. The molecular weight excluding hydrogens is 328 g/mol. The summed E-state index contributed by atoms with van der Waals surface area (Å²) >= 11 is 0. The molecule has 0 heterocycles. The van der Waals surface area contributed by atoms with Gasteiger partial charge in [0.1, 0.15) is 6.61 Å². The molecule has 0 saturated carbocycles. The highest BCUT2D eigenvalue weighted by Gasteiger charge is 2.38. The van der Waals surface area contributed by atoms with E-state index in [-0.39, 0.29) is 18.9 Å². The summed E-state index contributed by atoms with van der Waals surface area (Å²) in [5.74, 6) is -1.42. The molecule has 2 aromatic carbocycles. The van der Waals surface area contributed by atoms with E-state index in [9.17, 15) is 9.59 Å². The number of ether oxygens (including phenoxy) is 1. The topological polar surface area (TPSA) is 63.6 Å². The number of fused-ring (bicyclic) bond motifs is 3. The van der Waals surface area contributed by atoms with Gasteiger partial charge in [-0.25, -0.2) is 0 Å². The summed E-state index contributed by atoms with van der Waals surface area (Å²) < 4.78 is 5.66. The van der Waals surface area contributed by atoms with Crippen molar-refractivity contribution in [1.82, 2.24) is 0 Å². The molecule has 0 amide bonds. The number of aliphatic carboxylic acids is 1. The molecule has 0 aliphatic heterocycles. The van der Waals surface area contributed by atoms with E-state index in [0.717, 1.165) is 17.5 Å². The molecule has 1 aliphatic rings. The van der Waals surface area contributed by atoms with E-state index >= 15 is 0 Å².